The van der Waals surface area contributed by atoms with Crippen LogP contribution in [0.25, 0.3) is 0 Å². The lowest BCUT2D eigenvalue weighted by molar-refractivity contribution is -0.132. The summed E-state index contributed by atoms with van der Waals surface area (Å²) < 4.78 is 1.95. The number of nitrogens with zero attached hydrogens (tertiary/aromatic N) is 3. The topological polar surface area (TPSA) is 50.2 Å². The third kappa shape index (κ3) is 5.49. The molecule has 1 aromatic rings. The second-order valence-corrected chi connectivity index (χ2v) is 5.24. The van der Waals surface area contributed by atoms with Crippen molar-refractivity contribution in [2.24, 2.45) is 7.05 Å². The summed E-state index contributed by atoms with van der Waals surface area (Å²) in [4.78, 5) is 14.0. The smallest absolute Gasteiger partial charge is 0.222 e. The van der Waals surface area contributed by atoms with Gasteiger partial charge in [0.05, 0.1) is 0 Å². The number of piperidine rings is 1. The Bertz CT molecular complexity index is 417. The Kier molecular flexibility index (Phi) is 9.66. The highest BCUT2D eigenvalue weighted by atomic mass is 35.5. The highest BCUT2D eigenvalue weighted by molar-refractivity contribution is 5.85. The summed E-state index contributed by atoms with van der Waals surface area (Å²) >= 11 is 0. The van der Waals surface area contributed by atoms with Crippen LogP contribution in [0, 0.1) is 0 Å². The molecule has 1 saturated heterocycles. The van der Waals surface area contributed by atoms with E-state index in [0.29, 0.717) is 18.2 Å². The van der Waals surface area contributed by atoms with Crippen LogP contribution in [0.2, 0.25) is 0 Å². The predicted molar refractivity (Wildman–Crippen MR) is 89.4 cm³/mol. The fraction of sp³-hybridized carbons (Fsp3) is 0.714. The number of carbonyl (C=O) groups excluding carboxylic acids is 1. The summed E-state index contributed by atoms with van der Waals surface area (Å²) in [6, 6.07) is 2.09. The molecule has 21 heavy (non-hydrogen) atoms. The standard InChI is InChI=1S/C14H24N4O.2ClH/c1-15-8-3-4-14(19)18-10-6-12(7-11-18)13-5-9-16-17(13)2;;/h5,9,12,15H,3-4,6-8,10-11H2,1-2H3;2*1H. The first-order chi connectivity index (χ1) is 9.22. The van der Waals surface area contributed by atoms with Gasteiger partial charge in [-0.25, -0.2) is 0 Å². The number of aryl methyl sites for hydroxylation is 1. The number of amides is 1. The minimum atomic E-state index is 0. The van der Waals surface area contributed by atoms with Crippen LogP contribution in [0.4, 0.5) is 0 Å². The molecule has 0 aromatic carbocycles. The number of halogens is 2. The summed E-state index contributed by atoms with van der Waals surface area (Å²) in [5, 5.41) is 7.30. The van der Waals surface area contributed by atoms with Gasteiger partial charge in [-0.2, -0.15) is 5.10 Å². The zero-order chi connectivity index (χ0) is 13.7. The Morgan fingerprint density at radius 1 is 1.38 bits per heavy atom. The average Bonchev–Trinajstić information content (AvgIpc) is 2.85. The normalized spacial score (nSPS) is 15.2. The fourth-order valence-corrected chi connectivity index (χ4v) is 2.78. The number of hydrogen-bond acceptors (Lipinski definition) is 3. The van der Waals surface area contributed by atoms with Crippen molar-refractivity contribution >= 4 is 30.7 Å². The minimum absolute atomic E-state index is 0. The van der Waals surface area contributed by atoms with Crippen LogP contribution in [0.5, 0.6) is 0 Å². The van der Waals surface area contributed by atoms with Crippen molar-refractivity contribution in [1.29, 1.82) is 0 Å². The quantitative estimate of drug-likeness (QED) is 0.836. The van der Waals surface area contributed by atoms with Crippen molar-refractivity contribution in [3.05, 3.63) is 18.0 Å². The Morgan fingerprint density at radius 2 is 2.05 bits per heavy atom. The first-order valence-corrected chi connectivity index (χ1v) is 7.12. The maximum Gasteiger partial charge on any atom is 0.222 e. The highest BCUT2D eigenvalue weighted by Gasteiger charge is 2.24. The number of likely N-dealkylation sites (tertiary alicyclic amines) is 1. The molecule has 5 nitrogen and oxygen atoms in total. The monoisotopic (exact) mass is 336 g/mol. The lowest BCUT2D eigenvalue weighted by Crippen LogP contribution is -2.38. The molecule has 0 radical (unpaired) electrons. The highest BCUT2D eigenvalue weighted by Crippen LogP contribution is 2.27. The maximum absolute atomic E-state index is 12.0. The van der Waals surface area contributed by atoms with Crippen LogP contribution in [-0.4, -0.2) is 47.3 Å². The largest absolute Gasteiger partial charge is 0.343 e. The first kappa shape index (κ1) is 20.2. The SMILES string of the molecule is CNCCCC(=O)N1CCC(c2ccnn2C)CC1.Cl.Cl. The van der Waals surface area contributed by atoms with Crippen molar-refractivity contribution < 1.29 is 4.79 Å². The van der Waals surface area contributed by atoms with Crippen LogP contribution in [-0.2, 0) is 11.8 Å². The van der Waals surface area contributed by atoms with Gasteiger partial charge in [0.1, 0.15) is 0 Å². The number of nitrogens with one attached hydrogen (secondary N) is 1. The molecule has 0 spiro atoms. The van der Waals surface area contributed by atoms with Crippen molar-refractivity contribution in [3.8, 4) is 0 Å². The molecule has 2 rings (SSSR count). The molecular formula is C14H26Cl2N4O. The van der Waals surface area contributed by atoms with Gasteiger partial charge in [-0.15, -0.1) is 24.8 Å². The number of hydrogen-bond donors (Lipinski definition) is 1. The van der Waals surface area contributed by atoms with E-state index in [1.165, 1.54) is 5.69 Å². The molecule has 0 atom stereocenters. The maximum atomic E-state index is 12.0. The van der Waals surface area contributed by atoms with E-state index in [-0.39, 0.29) is 24.8 Å². The lowest BCUT2D eigenvalue weighted by Gasteiger charge is -2.32. The van der Waals surface area contributed by atoms with Crippen molar-refractivity contribution in [1.82, 2.24) is 20.0 Å². The molecular weight excluding hydrogens is 311 g/mol. The van der Waals surface area contributed by atoms with Crippen LogP contribution >= 0.6 is 24.8 Å². The molecule has 7 heteroatoms. The molecule has 1 fully saturated rings. The third-order valence-corrected chi connectivity index (χ3v) is 3.94. The van der Waals surface area contributed by atoms with Crippen LogP contribution in [0.1, 0.15) is 37.3 Å². The van der Waals surface area contributed by atoms with Gasteiger partial charge in [0, 0.05) is 44.4 Å². The summed E-state index contributed by atoms with van der Waals surface area (Å²) in [6.45, 7) is 2.68. The van der Waals surface area contributed by atoms with E-state index in [1.54, 1.807) is 0 Å². The Hall–Kier alpha value is -0.780. The van der Waals surface area contributed by atoms with Crippen molar-refractivity contribution in [2.75, 3.05) is 26.7 Å². The fourth-order valence-electron chi connectivity index (χ4n) is 2.78. The molecule has 0 unspecified atom stereocenters. The van der Waals surface area contributed by atoms with Gasteiger partial charge >= 0.3 is 0 Å². The number of rotatable bonds is 5. The number of aromatic nitrogens is 2. The van der Waals surface area contributed by atoms with Gasteiger partial charge < -0.3 is 10.2 Å². The van der Waals surface area contributed by atoms with Crippen LogP contribution in [0.15, 0.2) is 12.3 Å². The molecule has 0 saturated carbocycles. The van der Waals surface area contributed by atoms with Crippen molar-refractivity contribution in [2.45, 2.75) is 31.6 Å². The van der Waals surface area contributed by atoms with E-state index in [0.717, 1.165) is 38.9 Å². The van der Waals surface area contributed by atoms with E-state index in [4.69, 9.17) is 0 Å². The van der Waals surface area contributed by atoms with Crippen LogP contribution < -0.4 is 5.32 Å². The molecule has 0 bridgehead atoms. The van der Waals surface area contributed by atoms with Crippen molar-refractivity contribution in [3.63, 3.8) is 0 Å². The summed E-state index contributed by atoms with van der Waals surface area (Å²) in [6.07, 6.45) is 5.55. The van der Waals surface area contributed by atoms with E-state index in [9.17, 15) is 4.79 Å². The van der Waals surface area contributed by atoms with E-state index in [2.05, 4.69) is 16.5 Å². The molecule has 2 heterocycles. The molecule has 1 amide bonds. The van der Waals surface area contributed by atoms with Crippen LogP contribution in [0.3, 0.4) is 0 Å². The molecule has 1 aliphatic heterocycles. The second kappa shape index (κ2) is 10.0. The van der Waals surface area contributed by atoms with E-state index < -0.39 is 0 Å². The van der Waals surface area contributed by atoms with Gasteiger partial charge in [0.2, 0.25) is 5.91 Å². The Labute approximate surface area is 139 Å². The molecule has 1 aliphatic rings. The summed E-state index contributed by atoms with van der Waals surface area (Å²) in [7, 11) is 3.91. The van der Waals surface area contributed by atoms with Gasteiger partial charge in [-0.3, -0.25) is 9.48 Å². The van der Waals surface area contributed by atoms with E-state index >= 15 is 0 Å². The third-order valence-electron chi connectivity index (χ3n) is 3.94. The van der Waals surface area contributed by atoms with Gasteiger partial charge in [0.25, 0.3) is 0 Å². The summed E-state index contributed by atoms with van der Waals surface area (Å²) in [5.41, 5.74) is 1.29. The van der Waals surface area contributed by atoms with Gasteiger partial charge in [-0.1, -0.05) is 0 Å². The molecule has 1 aromatic heterocycles. The second-order valence-electron chi connectivity index (χ2n) is 5.24. The predicted octanol–water partition coefficient (Wildman–Crippen LogP) is 1.97. The Morgan fingerprint density at radius 3 is 2.57 bits per heavy atom. The zero-order valence-corrected chi connectivity index (χ0v) is 14.4. The first-order valence-electron chi connectivity index (χ1n) is 7.12. The molecule has 0 aliphatic carbocycles. The van der Waals surface area contributed by atoms with Gasteiger partial charge in [0.15, 0.2) is 0 Å². The minimum Gasteiger partial charge on any atom is -0.343 e. The Balaban J connectivity index is 0.00000200. The molecule has 1 N–H and O–H groups in total. The summed E-state index contributed by atoms with van der Waals surface area (Å²) in [5.74, 6) is 0.854. The lowest BCUT2D eigenvalue weighted by atomic mass is 9.93. The van der Waals surface area contributed by atoms with E-state index in [1.807, 2.05) is 29.9 Å². The average molecular weight is 337 g/mol. The zero-order valence-electron chi connectivity index (χ0n) is 12.7. The van der Waals surface area contributed by atoms with Gasteiger partial charge in [-0.05, 0) is 38.9 Å². The number of carbonyl (C=O) groups is 1. The molecule has 122 valence electrons.